The highest BCUT2D eigenvalue weighted by Gasteiger charge is 2.30. The van der Waals surface area contributed by atoms with Gasteiger partial charge in [0.25, 0.3) is 0 Å². The van der Waals surface area contributed by atoms with Crippen molar-refractivity contribution in [2.75, 3.05) is 19.6 Å². The van der Waals surface area contributed by atoms with E-state index in [1.807, 2.05) is 0 Å². The van der Waals surface area contributed by atoms with E-state index in [2.05, 4.69) is 5.32 Å². The van der Waals surface area contributed by atoms with Gasteiger partial charge in [-0.1, -0.05) is 0 Å². The number of hydrogen-bond acceptors (Lipinski definition) is 5. The fourth-order valence-electron chi connectivity index (χ4n) is 2.16. The Kier molecular flexibility index (Phi) is 6.41. The summed E-state index contributed by atoms with van der Waals surface area (Å²) in [5.74, 6) is -0.439. The fraction of sp³-hybridized carbons (Fsp3) is 0.857. The summed E-state index contributed by atoms with van der Waals surface area (Å²) in [6.45, 7) is 7.73. The average Bonchev–Trinajstić information content (AvgIpc) is 2.41. The Morgan fingerprint density at radius 1 is 1.30 bits per heavy atom. The molecule has 23 heavy (non-hydrogen) atoms. The monoisotopic (exact) mass is 349 g/mol. The number of likely N-dealkylation sites (tertiary alicyclic amines) is 1. The van der Waals surface area contributed by atoms with Gasteiger partial charge in [-0.05, 0) is 40.5 Å². The number of amides is 2. The number of hydrogen-bond donors (Lipinski definition) is 2. The predicted molar refractivity (Wildman–Crippen MR) is 86.1 cm³/mol. The Balaban J connectivity index is 2.41. The lowest BCUT2D eigenvalue weighted by molar-refractivity contribution is -0.126. The zero-order valence-electron chi connectivity index (χ0n) is 14.2. The topological polar surface area (TPSA) is 119 Å². The summed E-state index contributed by atoms with van der Waals surface area (Å²) in [7, 11) is -3.65. The molecule has 8 nitrogen and oxygen atoms in total. The molecule has 0 saturated carbocycles. The number of carbonyl (C=O) groups is 2. The first-order valence-electron chi connectivity index (χ1n) is 7.67. The summed E-state index contributed by atoms with van der Waals surface area (Å²) in [5.41, 5.74) is -0.546. The summed E-state index contributed by atoms with van der Waals surface area (Å²) in [4.78, 5) is 25.6. The van der Waals surface area contributed by atoms with Crippen LogP contribution in [0.4, 0.5) is 4.79 Å². The highest BCUT2D eigenvalue weighted by Crippen LogP contribution is 2.19. The van der Waals surface area contributed by atoms with Gasteiger partial charge >= 0.3 is 6.09 Å². The van der Waals surface area contributed by atoms with Crippen LogP contribution in [0.1, 0.15) is 40.5 Å². The molecular weight excluding hydrogens is 322 g/mol. The molecule has 0 aromatic heterocycles. The minimum atomic E-state index is -3.65. The van der Waals surface area contributed by atoms with Crippen LogP contribution >= 0.6 is 0 Å². The van der Waals surface area contributed by atoms with Crippen LogP contribution in [0.5, 0.6) is 0 Å². The summed E-state index contributed by atoms with van der Waals surface area (Å²) in [5, 5.41) is 6.79. The number of rotatable bonds is 4. The van der Waals surface area contributed by atoms with Crippen molar-refractivity contribution < 1.29 is 22.7 Å². The van der Waals surface area contributed by atoms with Crippen molar-refractivity contribution in [1.82, 2.24) is 10.2 Å². The van der Waals surface area contributed by atoms with Crippen LogP contribution in [0, 0.1) is 5.92 Å². The fourth-order valence-corrected chi connectivity index (χ4v) is 2.47. The Morgan fingerprint density at radius 3 is 2.26 bits per heavy atom. The molecule has 134 valence electrons. The molecule has 1 heterocycles. The van der Waals surface area contributed by atoms with Gasteiger partial charge in [0.2, 0.25) is 15.9 Å². The van der Waals surface area contributed by atoms with Crippen LogP contribution in [0.2, 0.25) is 0 Å². The van der Waals surface area contributed by atoms with E-state index in [4.69, 9.17) is 9.88 Å². The van der Waals surface area contributed by atoms with E-state index in [0.29, 0.717) is 25.9 Å². The number of sulfonamides is 1. The number of ether oxygens (including phenoxy) is 1. The molecule has 1 saturated heterocycles. The molecule has 1 aliphatic heterocycles. The number of piperidine rings is 1. The molecule has 0 aromatic carbocycles. The Hall–Kier alpha value is -1.35. The van der Waals surface area contributed by atoms with Crippen molar-refractivity contribution >= 4 is 22.0 Å². The van der Waals surface area contributed by atoms with Gasteiger partial charge in [-0.25, -0.2) is 18.4 Å². The van der Waals surface area contributed by atoms with Crippen LogP contribution in [-0.4, -0.2) is 55.8 Å². The quantitative estimate of drug-likeness (QED) is 0.763. The lowest BCUT2D eigenvalue weighted by atomic mass is 9.96. The van der Waals surface area contributed by atoms with Crippen molar-refractivity contribution in [2.24, 2.45) is 11.1 Å². The molecule has 0 bridgehead atoms. The van der Waals surface area contributed by atoms with E-state index in [1.54, 1.807) is 25.7 Å². The lowest BCUT2D eigenvalue weighted by Crippen LogP contribution is -2.46. The third kappa shape index (κ3) is 6.74. The zero-order valence-corrected chi connectivity index (χ0v) is 15.0. The number of nitrogens with zero attached hydrogens (tertiary/aromatic N) is 1. The second kappa shape index (κ2) is 7.48. The SMILES string of the molecule is C[C@H](CNC(=O)C1CCN(C(=O)OC(C)(C)C)CC1)S(N)(=O)=O. The van der Waals surface area contributed by atoms with E-state index in [-0.39, 0.29) is 24.5 Å². The molecule has 0 spiro atoms. The molecule has 1 fully saturated rings. The normalized spacial score (nSPS) is 18.4. The van der Waals surface area contributed by atoms with Crippen LogP contribution in [0.15, 0.2) is 0 Å². The lowest BCUT2D eigenvalue weighted by Gasteiger charge is -2.33. The smallest absolute Gasteiger partial charge is 0.410 e. The maximum atomic E-state index is 12.1. The average molecular weight is 349 g/mol. The van der Waals surface area contributed by atoms with Gasteiger partial charge in [-0.2, -0.15) is 0 Å². The summed E-state index contributed by atoms with van der Waals surface area (Å²) >= 11 is 0. The highest BCUT2D eigenvalue weighted by molar-refractivity contribution is 7.89. The Labute approximate surface area is 137 Å². The van der Waals surface area contributed by atoms with Gasteiger partial charge in [-0.15, -0.1) is 0 Å². The largest absolute Gasteiger partial charge is 0.444 e. The first-order valence-corrected chi connectivity index (χ1v) is 9.28. The first kappa shape index (κ1) is 19.7. The van der Waals surface area contributed by atoms with Crippen LogP contribution in [0.25, 0.3) is 0 Å². The Morgan fingerprint density at radius 2 is 1.83 bits per heavy atom. The van der Waals surface area contributed by atoms with E-state index in [1.165, 1.54) is 6.92 Å². The zero-order chi connectivity index (χ0) is 17.8. The van der Waals surface area contributed by atoms with Crippen LogP contribution in [0.3, 0.4) is 0 Å². The second-order valence-corrected chi connectivity index (χ2v) is 8.87. The van der Waals surface area contributed by atoms with E-state index in [9.17, 15) is 18.0 Å². The summed E-state index contributed by atoms with van der Waals surface area (Å²) in [6.07, 6.45) is 0.670. The van der Waals surface area contributed by atoms with Gasteiger partial charge < -0.3 is 15.0 Å². The van der Waals surface area contributed by atoms with Crippen LogP contribution < -0.4 is 10.5 Å². The molecule has 0 aromatic rings. The van der Waals surface area contributed by atoms with Crippen molar-refractivity contribution in [1.29, 1.82) is 0 Å². The van der Waals surface area contributed by atoms with Crippen molar-refractivity contribution in [3.8, 4) is 0 Å². The number of nitrogens with two attached hydrogens (primary N) is 1. The molecular formula is C14H27N3O5S. The maximum Gasteiger partial charge on any atom is 0.410 e. The van der Waals surface area contributed by atoms with Gasteiger partial charge in [-0.3, -0.25) is 4.79 Å². The first-order chi connectivity index (χ1) is 10.4. The predicted octanol–water partition coefficient (Wildman–Crippen LogP) is 0.427. The van der Waals surface area contributed by atoms with E-state index in [0.717, 1.165) is 0 Å². The van der Waals surface area contributed by atoms with Gasteiger partial charge in [0, 0.05) is 25.6 Å². The molecule has 0 unspecified atom stereocenters. The number of nitrogens with one attached hydrogen (secondary N) is 1. The van der Waals surface area contributed by atoms with Crippen LogP contribution in [-0.2, 0) is 19.6 Å². The molecule has 1 atom stereocenters. The van der Waals surface area contributed by atoms with Crippen molar-refractivity contribution in [2.45, 2.75) is 51.4 Å². The minimum Gasteiger partial charge on any atom is -0.444 e. The molecule has 2 amide bonds. The summed E-state index contributed by atoms with van der Waals surface area (Å²) in [6, 6.07) is 0. The highest BCUT2D eigenvalue weighted by atomic mass is 32.2. The van der Waals surface area contributed by atoms with E-state index >= 15 is 0 Å². The molecule has 1 rings (SSSR count). The number of primary sulfonamides is 1. The third-order valence-electron chi connectivity index (χ3n) is 3.64. The number of carbonyl (C=O) groups excluding carboxylic acids is 2. The maximum absolute atomic E-state index is 12.1. The van der Waals surface area contributed by atoms with Gasteiger partial charge in [0.1, 0.15) is 5.60 Å². The van der Waals surface area contributed by atoms with Gasteiger partial charge in [0.15, 0.2) is 0 Å². The van der Waals surface area contributed by atoms with Gasteiger partial charge in [0.05, 0.1) is 5.25 Å². The molecule has 1 aliphatic rings. The van der Waals surface area contributed by atoms with Crippen molar-refractivity contribution in [3.05, 3.63) is 0 Å². The standard InChI is InChI=1S/C14H27N3O5S/c1-10(23(15,20)21)9-16-12(18)11-5-7-17(8-6-11)13(19)22-14(2,3)4/h10-11H,5-9H2,1-4H3,(H,16,18)(H2,15,20,21)/t10-/m1/s1. The third-order valence-corrected chi connectivity index (χ3v) is 4.93. The molecule has 3 N–H and O–H groups in total. The summed E-state index contributed by atoms with van der Waals surface area (Å²) < 4.78 is 27.5. The van der Waals surface area contributed by atoms with Crippen molar-refractivity contribution in [3.63, 3.8) is 0 Å². The van der Waals surface area contributed by atoms with E-state index < -0.39 is 20.9 Å². The second-order valence-electron chi connectivity index (χ2n) is 6.89. The molecule has 0 radical (unpaired) electrons. The Bertz CT molecular complexity index is 533. The molecule has 0 aliphatic carbocycles. The minimum absolute atomic E-state index is 0.00997. The molecule has 9 heteroatoms.